The van der Waals surface area contributed by atoms with E-state index in [0.717, 1.165) is 31.2 Å². The van der Waals surface area contributed by atoms with Crippen LogP contribution in [0.5, 0.6) is 0 Å². The van der Waals surface area contributed by atoms with Crippen molar-refractivity contribution in [2.45, 2.75) is 50.6 Å². The second kappa shape index (κ2) is 9.79. The molecule has 2 aromatic carbocycles. The molecule has 6 heteroatoms. The van der Waals surface area contributed by atoms with E-state index in [-0.39, 0.29) is 17.9 Å². The highest BCUT2D eigenvalue weighted by atomic mass is 16.2. The van der Waals surface area contributed by atoms with E-state index in [0.29, 0.717) is 6.54 Å². The van der Waals surface area contributed by atoms with Gasteiger partial charge in [0.25, 0.3) is 0 Å². The first kappa shape index (κ1) is 21.1. The molecule has 1 fully saturated rings. The summed E-state index contributed by atoms with van der Waals surface area (Å²) >= 11 is 0. The molecule has 162 valence electrons. The molecule has 3 amide bonds. The molecule has 1 aromatic heterocycles. The van der Waals surface area contributed by atoms with Gasteiger partial charge in [0.15, 0.2) is 0 Å². The Bertz CT molecular complexity index is 1020. The number of fused-ring (bicyclic) bond motifs is 1. The van der Waals surface area contributed by atoms with Gasteiger partial charge in [-0.15, -0.1) is 0 Å². The van der Waals surface area contributed by atoms with Crippen LogP contribution in [0.2, 0.25) is 0 Å². The molecule has 0 spiro atoms. The number of rotatable bonds is 7. The van der Waals surface area contributed by atoms with Gasteiger partial charge in [-0.2, -0.15) is 0 Å². The van der Waals surface area contributed by atoms with Crippen molar-refractivity contribution in [3.05, 3.63) is 71.9 Å². The van der Waals surface area contributed by atoms with E-state index < -0.39 is 12.1 Å². The minimum absolute atomic E-state index is 0.0694. The molecule has 0 radical (unpaired) electrons. The quantitative estimate of drug-likeness (QED) is 0.467. The minimum Gasteiger partial charge on any atom is -0.361 e. The predicted molar refractivity (Wildman–Crippen MR) is 123 cm³/mol. The van der Waals surface area contributed by atoms with Gasteiger partial charge in [-0.1, -0.05) is 61.4 Å². The molecule has 0 saturated heterocycles. The van der Waals surface area contributed by atoms with Gasteiger partial charge in [0, 0.05) is 35.6 Å². The number of benzene rings is 2. The first-order chi connectivity index (χ1) is 15.1. The second-order valence-corrected chi connectivity index (χ2v) is 8.33. The fourth-order valence-corrected chi connectivity index (χ4v) is 4.37. The monoisotopic (exact) mass is 418 g/mol. The van der Waals surface area contributed by atoms with E-state index >= 15 is 0 Å². The average molecular weight is 419 g/mol. The summed E-state index contributed by atoms with van der Waals surface area (Å²) in [6.07, 6.45) is 6.28. The largest absolute Gasteiger partial charge is 0.361 e. The van der Waals surface area contributed by atoms with E-state index in [2.05, 4.69) is 45.2 Å². The van der Waals surface area contributed by atoms with Gasteiger partial charge in [0.05, 0.1) is 6.04 Å². The number of para-hydroxylation sites is 1. The van der Waals surface area contributed by atoms with Crippen molar-refractivity contribution in [3.8, 4) is 0 Å². The molecule has 1 aliphatic rings. The van der Waals surface area contributed by atoms with Crippen LogP contribution in [0.4, 0.5) is 4.79 Å². The van der Waals surface area contributed by atoms with Crippen molar-refractivity contribution < 1.29 is 9.59 Å². The fourth-order valence-electron chi connectivity index (χ4n) is 4.37. The minimum atomic E-state index is -0.495. The lowest BCUT2D eigenvalue weighted by Crippen LogP contribution is -2.50. The van der Waals surface area contributed by atoms with Crippen LogP contribution in [0.1, 0.15) is 49.7 Å². The number of amides is 3. The highest BCUT2D eigenvalue weighted by Gasteiger charge is 2.23. The summed E-state index contributed by atoms with van der Waals surface area (Å²) in [6, 6.07) is 17.8. The van der Waals surface area contributed by atoms with Crippen molar-refractivity contribution >= 4 is 22.8 Å². The number of aromatic nitrogens is 1. The number of hydrogen-bond donors (Lipinski definition) is 4. The van der Waals surface area contributed by atoms with Crippen LogP contribution in [0.25, 0.3) is 10.9 Å². The van der Waals surface area contributed by atoms with Gasteiger partial charge in [-0.3, -0.25) is 10.1 Å². The summed E-state index contributed by atoms with van der Waals surface area (Å²) in [5.41, 5.74) is 3.44. The number of hydrogen-bond acceptors (Lipinski definition) is 3. The van der Waals surface area contributed by atoms with Gasteiger partial charge in [-0.05, 0) is 37.0 Å². The Balaban J connectivity index is 1.42. The van der Waals surface area contributed by atoms with Crippen LogP contribution in [-0.4, -0.2) is 35.6 Å². The lowest BCUT2D eigenvalue weighted by atomic mass is 9.90. The summed E-state index contributed by atoms with van der Waals surface area (Å²) in [6.45, 7) is 2.36. The first-order valence-corrected chi connectivity index (χ1v) is 11.1. The third-order valence-corrected chi connectivity index (χ3v) is 6.15. The molecular formula is C25H30N4O2. The molecule has 0 unspecified atom stereocenters. The lowest BCUT2D eigenvalue weighted by molar-refractivity contribution is -0.121. The maximum absolute atomic E-state index is 12.5. The molecule has 4 rings (SSSR count). The van der Waals surface area contributed by atoms with Crippen LogP contribution >= 0.6 is 0 Å². The normalized spacial score (nSPS) is 16.2. The van der Waals surface area contributed by atoms with E-state index in [4.69, 9.17) is 0 Å². The number of imide groups is 1. The Morgan fingerprint density at radius 1 is 1.03 bits per heavy atom. The summed E-state index contributed by atoms with van der Waals surface area (Å²) in [5.74, 6) is -0.249. The third kappa shape index (κ3) is 5.14. The number of aromatic amines is 1. The topological polar surface area (TPSA) is 86.0 Å². The molecule has 1 saturated carbocycles. The van der Waals surface area contributed by atoms with Gasteiger partial charge in [0.2, 0.25) is 5.91 Å². The van der Waals surface area contributed by atoms with Crippen LogP contribution < -0.4 is 16.0 Å². The van der Waals surface area contributed by atoms with Crippen molar-refractivity contribution in [2.24, 2.45) is 0 Å². The Labute approximate surface area is 182 Å². The number of carbonyl (C=O) groups is 2. The number of nitrogens with one attached hydrogen (secondary N) is 4. The Kier molecular flexibility index (Phi) is 6.67. The molecule has 31 heavy (non-hydrogen) atoms. The maximum Gasteiger partial charge on any atom is 0.321 e. The fraction of sp³-hybridized carbons (Fsp3) is 0.360. The Hall–Kier alpha value is -3.12. The summed E-state index contributed by atoms with van der Waals surface area (Å²) in [4.78, 5) is 28.0. The van der Waals surface area contributed by atoms with E-state index in [1.54, 1.807) is 6.92 Å². The second-order valence-electron chi connectivity index (χ2n) is 8.33. The van der Waals surface area contributed by atoms with Crippen molar-refractivity contribution in [3.63, 3.8) is 0 Å². The van der Waals surface area contributed by atoms with Crippen LogP contribution in [-0.2, 0) is 4.79 Å². The summed E-state index contributed by atoms with van der Waals surface area (Å²) < 4.78 is 0. The molecule has 0 aliphatic heterocycles. The highest BCUT2D eigenvalue weighted by Crippen LogP contribution is 2.30. The smallest absolute Gasteiger partial charge is 0.321 e. The van der Waals surface area contributed by atoms with Crippen molar-refractivity contribution in [2.75, 3.05) is 6.54 Å². The zero-order valence-corrected chi connectivity index (χ0v) is 17.9. The van der Waals surface area contributed by atoms with Crippen LogP contribution in [0, 0.1) is 0 Å². The zero-order valence-electron chi connectivity index (χ0n) is 17.9. The molecule has 0 bridgehead atoms. The Morgan fingerprint density at radius 2 is 1.74 bits per heavy atom. The lowest BCUT2D eigenvalue weighted by Gasteiger charge is -2.21. The van der Waals surface area contributed by atoms with Gasteiger partial charge >= 0.3 is 6.03 Å². The number of urea groups is 1. The van der Waals surface area contributed by atoms with Crippen molar-refractivity contribution in [1.29, 1.82) is 0 Å². The molecule has 1 heterocycles. The first-order valence-electron chi connectivity index (χ1n) is 11.1. The van der Waals surface area contributed by atoms with E-state index in [1.807, 2.05) is 36.5 Å². The molecule has 4 N–H and O–H groups in total. The SMILES string of the molecule is C[C@@H](NC[C@H](c1ccccc1)c1c[nH]c2ccccc12)C(=O)NC(=O)NC1CCCC1. The zero-order chi connectivity index (χ0) is 21.6. The molecule has 3 aromatic rings. The van der Waals surface area contributed by atoms with Crippen LogP contribution in [0.3, 0.4) is 0 Å². The van der Waals surface area contributed by atoms with Crippen molar-refractivity contribution in [1.82, 2.24) is 20.9 Å². The van der Waals surface area contributed by atoms with Gasteiger partial charge in [0.1, 0.15) is 0 Å². The van der Waals surface area contributed by atoms with Gasteiger partial charge in [-0.25, -0.2) is 4.79 Å². The van der Waals surface area contributed by atoms with Crippen LogP contribution in [0.15, 0.2) is 60.8 Å². The molecule has 1 aliphatic carbocycles. The van der Waals surface area contributed by atoms with Gasteiger partial charge < -0.3 is 15.6 Å². The summed E-state index contributed by atoms with van der Waals surface area (Å²) in [5, 5.41) is 9.87. The van der Waals surface area contributed by atoms with E-state index in [1.165, 1.54) is 16.5 Å². The number of carbonyl (C=O) groups excluding carboxylic acids is 2. The third-order valence-electron chi connectivity index (χ3n) is 6.15. The predicted octanol–water partition coefficient (Wildman–Crippen LogP) is 4.05. The summed E-state index contributed by atoms with van der Waals surface area (Å²) in [7, 11) is 0. The Morgan fingerprint density at radius 3 is 2.52 bits per heavy atom. The average Bonchev–Trinajstić information content (AvgIpc) is 3.44. The van der Waals surface area contributed by atoms with E-state index in [9.17, 15) is 9.59 Å². The maximum atomic E-state index is 12.5. The molecule has 6 nitrogen and oxygen atoms in total. The molecular weight excluding hydrogens is 388 g/mol. The highest BCUT2D eigenvalue weighted by molar-refractivity contribution is 5.96. The number of H-pyrrole nitrogens is 1. The molecule has 2 atom stereocenters. The standard InChI is InChI=1S/C25H30N4O2/c1-17(24(30)29-25(31)28-19-11-5-6-12-19)26-15-21(18-9-3-2-4-10-18)22-16-27-23-14-8-7-13-20(22)23/h2-4,7-10,13-14,16-17,19,21,26-27H,5-6,11-12,15H2,1H3,(H2,28,29,30,31)/t17-,21-/m1/s1.